The quantitative estimate of drug-likeness (QED) is 0.751. The molecular formula is C26H28N2O4. The molecule has 1 unspecified atom stereocenters. The largest absolute Gasteiger partial charge is 0.488 e. The third kappa shape index (κ3) is 4.15. The molecule has 5 rings (SSSR count). The Morgan fingerprint density at radius 2 is 1.84 bits per heavy atom. The van der Waals surface area contributed by atoms with Crippen LogP contribution < -0.4 is 10.1 Å². The second kappa shape index (κ2) is 8.79. The monoisotopic (exact) mass is 432 g/mol. The molecule has 0 spiro atoms. The summed E-state index contributed by atoms with van der Waals surface area (Å²) in [5.41, 5.74) is 3.43. The lowest BCUT2D eigenvalue weighted by Gasteiger charge is -2.30. The summed E-state index contributed by atoms with van der Waals surface area (Å²) in [7, 11) is 0. The number of carbonyl (C=O) groups excluding carboxylic acids is 2. The highest BCUT2D eigenvalue weighted by Crippen LogP contribution is 2.33. The Kier molecular flexibility index (Phi) is 5.70. The topological polar surface area (TPSA) is 67.9 Å². The number of hydrogen-bond acceptors (Lipinski definition) is 4. The maximum atomic E-state index is 12.9. The standard InChI is InChI=1S/C26H28N2O4/c1-17-10-13-22(25(29)27-17)28-15-19-14-20(11-12-21(19)26(28)30)32-24-9-5-8-23(24)31-16-18-6-3-2-4-7-18/h2-4,6-7,11-12,14,22-24H,1,5,8-10,13,15-16H2,(H,27,29)/t22?,23-,24-/m0/s1. The van der Waals surface area contributed by atoms with Gasteiger partial charge in [0.05, 0.1) is 12.7 Å². The number of amides is 2. The summed E-state index contributed by atoms with van der Waals surface area (Å²) in [5.74, 6) is 0.507. The van der Waals surface area contributed by atoms with E-state index in [1.165, 1.54) is 0 Å². The number of ether oxygens (including phenoxy) is 2. The smallest absolute Gasteiger partial charge is 0.255 e. The van der Waals surface area contributed by atoms with Crippen LogP contribution in [0.25, 0.3) is 0 Å². The number of carbonyl (C=O) groups is 2. The minimum Gasteiger partial charge on any atom is -0.488 e. The van der Waals surface area contributed by atoms with E-state index < -0.39 is 6.04 Å². The van der Waals surface area contributed by atoms with Crippen molar-refractivity contribution < 1.29 is 19.1 Å². The van der Waals surface area contributed by atoms with E-state index in [4.69, 9.17) is 9.47 Å². The third-order valence-electron chi connectivity index (χ3n) is 6.59. The fourth-order valence-corrected chi connectivity index (χ4v) is 4.87. The van der Waals surface area contributed by atoms with Crippen molar-refractivity contribution in [2.75, 3.05) is 0 Å². The van der Waals surface area contributed by atoms with E-state index in [1.807, 2.05) is 36.4 Å². The van der Waals surface area contributed by atoms with Gasteiger partial charge in [0, 0.05) is 17.8 Å². The van der Waals surface area contributed by atoms with Crippen LogP contribution in [0.4, 0.5) is 0 Å². The van der Waals surface area contributed by atoms with E-state index in [-0.39, 0.29) is 24.0 Å². The first kappa shape index (κ1) is 20.8. The van der Waals surface area contributed by atoms with Crippen molar-refractivity contribution in [3.8, 4) is 5.75 Å². The molecule has 0 radical (unpaired) electrons. The normalized spacial score (nSPS) is 25.1. The van der Waals surface area contributed by atoms with Crippen molar-refractivity contribution in [3.63, 3.8) is 0 Å². The number of allylic oxidation sites excluding steroid dienone is 1. The zero-order valence-electron chi connectivity index (χ0n) is 18.1. The summed E-state index contributed by atoms with van der Waals surface area (Å²) in [6.07, 6.45) is 4.36. The molecule has 2 aliphatic heterocycles. The van der Waals surface area contributed by atoms with Crippen LogP contribution in [0.3, 0.4) is 0 Å². The highest BCUT2D eigenvalue weighted by Gasteiger charge is 2.38. The summed E-state index contributed by atoms with van der Waals surface area (Å²) in [5, 5.41) is 2.78. The molecule has 3 atom stereocenters. The highest BCUT2D eigenvalue weighted by molar-refractivity contribution is 6.01. The Hall–Kier alpha value is -3.12. The zero-order valence-corrected chi connectivity index (χ0v) is 18.1. The van der Waals surface area contributed by atoms with Gasteiger partial charge in [0.15, 0.2) is 0 Å². The molecule has 1 saturated heterocycles. The van der Waals surface area contributed by atoms with Crippen LogP contribution in [0.2, 0.25) is 0 Å². The second-order valence-electron chi connectivity index (χ2n) is 8.82. The van der Waals surface area contributed by atoms with Gasteiger partial charge in [0.25, 0.3) is 5.91 Å². The minimum absolute atomic E-state index is 0.0000968. The van der Waals surface area contributed by atoms with Crippen LogP contribution in [0.1, 0.15) is 53.6 Å². The lowest BCUT2D eigenvalue weighted by molar-refractivity contribution is -0.126. The molecule has 6 nitrogen and oxygen atoms in total. The predicted octanol–water partition coefficient (Wildman–Crippen LogP) is 3.95. The van der Waals surface area contributed by atoms with E-state index in [2.05, 4.69) is 24.0 Å². The Morgan fingerprint density at radius 3 is 2.66 bits per heavy atom. The number of benzene rings is 2. The van der Waals surface area contributed by atoms with Crippen molar-refractivity contribution in [3.05, 3.63) is 77.5 Å². The van der Waals surface area contributed by atoms with Gasteiger partial charge in [-0.3, -0.25) is 9.59 Å². The first-order chi connectivity index (χ1) is 15.6. The molecule has 0 bridgehead atoms. The van der Waals surface area contributed by atoms with Gasteiger partial charge < -0.3 is 19.7 Å². The predicted molar refractivity (Wildman–Crippen MR) is 120 cm³/mol. The van der Waals surface area contributed by atoms with Crippen molar-refractivity contribution in [2.24, 2.45) is 0 Å². The molecular weight excluding hydrogens is 404 g/mol. The molecule has 1 N–H and O–H groups in total. The Bertz CT molecular complexity index is 1040. The Labute approximate surface area is 188 Å². The Balaban J connectivity index is 1.24. The van der Waals surface area contributed by atoms with E-state index >= 15 is 0 Å². The van der Waals surface area contributed by atoms with Crippen molar-refractivity contribution >= 4 is 11.8 Å². The first-order valence-electron chi connectivity index (χ1n) is 11.3. The number of nitrogens with one attached hydrogen (secondary N) is 1. The van der Waals surface area contributed by atoms with Gasteiger partial charge in [-0.1, -0.05) is 36.9 Å². The third-order valence-corrected chi connectivity index (χ3v) is 6.59. The van der Waals surface area contributed by atoms with Crippen molar-refractivity contribution in [1.29, 1.82) is 0 Å². The lowest BCUT2D eigenvalue weighted by atomic mass is 10.0. The van der Waals surface area contributed by atoms with Gasteiger partial charge in [-0.25, -0.2) is 0 Å². The molecule has 32 heavy (non-hydrogen) atoms. The van der Waals surface area contributed by atoms with Gasteiger partial charge in [-0.2, -0.15) is 0 Å². The van der Waals surface area contributed by atoms with Gasteiger partial charge >= 0.3 is 0 Å². The number of nitrogens with zero attached hydrogens (tertiary/aromatic N) is 1. The van der Waals surface area contributed by atoms with Crippen LogP contribution in [-0.2, 0) is 22.7 Å². The maximum Gasteiger partial charge on any atom is 0.255 e. The van der Waals surface area contributed by atoms with Gasteiger partial charge in [0.1, 0.15) is 17.9 Å². The summed E-state index contributed by atoms with van der Waals surface area (Å²) >= 11 is 0. The molecule has 2 heterocycles. The van der Waals surface area contributed by atoms with Gasteiger partial charge in [0.2, 0.25) is 5.91 Å². The molecule has 1 saturated carbocycles. The summed E-state index contributed by atoms with van der Waals surface area (Å²) in [6, 6.07) is 15.3. The second-order valence-corrected chi connectivity index (χ2v) is 8.82. The molecule has 1 aliphatic carbocycles. The van der Waals surface area contributed by atoms with Crippen molar-refractivity contribution in [1.82, 2.24) is 10.2 Å². The van der Waals surface area contributed by atoms with E-state index in [1.54, 1.807) is 4.90 Å². The van der Waals surface area contributed by atoms with Crippen molar-refractivity contribution in [2.45, 2.75) is 63.5 Å². The summed E-state index contributed by atoms with van der Waals surface area (Å²) in [4.78, 5) is 27.0. The zero-order chi connectivity index (χ0) is 22.1. The summed E-state index contributed by atoms with van der Waals surface area (Å²) < 4.78 is 12.5. The number of hydrogen-bond donors (Lipinski definition) is 1. The first-order valence-corrected chi connectivity index (χ1v) is 11.3. The fourth-order valence-electron chi connectivity index (χ4n) is 4.87. The van der Waals surface area contributed by atoms with E-state index in [0.29, 0.717) is 37.3 Å². The molecule has 2 amide bonds. The minimum atomic E-state index is -0.449. The molecule has 2 fully saturated rings. The molecule has 6 heteroatoms. The molecule has 2 aromatic rings. The summed E-state index contributed by atoms with van der Waals surface area (Å²) in [6.45, 7) is 4.82. The molecule has 166 valence electrons. The van der Waals surface area contributed by atoms with Crippen LogP contribution in [-0.4, -0.2) is 35.0 Å². The number of fused-ring (bicyclic) bond motifs is 1. The highest BCUT2D eigenvalue weighted by atomic mass is 16.5. The molecule has 0 aromatic heterocycles. The van der Waals surface area contributed by atoms with Crippen LogP contribution in [0.5, 0.6) is 5.75 Å². The molecule has 2 aromatic carbocycles. The van der Waals surface area contributed by atoms with Gasteiger partial charge in [-0.15, -0.1) is 0 Å². The average Bonchev–Trinajstić information content (AvgIpc) is 3.37. The van der Waals surface area contributed by atoms with Crippen LogP contribution >= 0.6 is 0 Å². The van der Waals surface area contributed by atoms with E-state index in [9.17, 15) is 9.59 Å². The number of piperidine rings is 1. The average molecular weight is 433 g/mol. The molecule has 3 aliphatic rings. The fraction of sp³-hybridized carbons (Fsp3) is 0.385. The van der Waals surface area contributed by atoms with Gasteiger partial charge in [-0.05, 0) is 61.4 Å². The SMILES string of the molecule is C=C1CCC(N2Cc3cc(O[C@H]4CCC[C@@H]4OCc4ccccc4)ccc3C2=O)C(=O)N1. The maximum absolute atomic E-state index is 12.9. The van der Waals surface area contributed by atoms with E-state index in [0.717, 1.165) is 36.1 Å². The Morgan fingerprint density at radius 1 is 1.03 bits per heavy atom. The lowest BCUT2D eigenvalue weighted by Crippen LogP contribution is -2.49. The van der Waals surface area contributed by atoms with Crippen LogP contribution in [0.15, 0.2) is 60.8 Å². The van der Waals surface area contributed by atoms with Crippen LogP contribution in [0, 0.1) is 0 Å². The number of rotatable bonds is 6.